The van der Waals surface area contributed by atoms with Gasteiger partial charge in [-0.15, -0.1) is 0 Å². The first-order valence-corrected chi connectivity index (χ1v) is 13.1. The van der Waals surface area contributed by atoms with E-state index in [0.717, 1.165) is 23.7 Å². The number of carbonyl (C=O) groups is 3. The van der Waals surface area contributed by atoms with Crippen LogP contribution in [0.25, 0.3) is 10.9 Å². The van der Waals surface area contributed by atoms with Crippen LogP contribution in [0.15, 0.2) is 36.5 Å². The Kier molecular flexibility index (Phi) is 5.35. The Morgan fingerprint density at radius 1 is 1.35 bits per heavy atom. The van der Waals surface area contributed by atoms with E-state index in [0.29, 0.717) is 42.3 Å². The Labute approximate surface area is 219 Å². The van der Waals surface area contributed by atoms with Gasteiger partial charge in [-0.3, -0.25) is 14.4 Å². The number of fused-ring (bicyclic) bond motifs is 6. The van der Waals surface area contributed by atoms with Crippen molar-refractivity contribution < 1.29 is 19.1 Å². The number of nitrogens with zero attached hydrogens (tertiary/aromatic N) is 1. The molecule has 3 saturated carbocycles. The van der Waals surface area contributed by atoms with Crippen LogP contribution in [-0.2, 0) is 9.59 Å². The lowest BCUT2D eigenvalue weighted by Gasteiger charge is -2.44. The molecule has 6 atom stereocenters. The average Bonchev–Trinajstić information content (AvgIpc) is 3.22. The van der Waals surface area contributed by atoms with E-state index in [9.17, 15) is 19.6 Å². The fraction of sp³-hybridized carbons (Fsp3) is 0.481. The third kappa shape index (κ3) is 3.55. The van der Waals surface area contributed by atoms with Crippen molar-refractivity contribution in [3.05, 3.63) is 42.2 Å². The first-order valence-electron chi connectivity index (χ1n) is 12.6. The first kappa shape index (κ1) is 23.9. The van der Waals surface area contributed by atoms with Crippen LogP contribution in [0.3, 0.4) is 0 Å². The Bertz CT molecular complexity index is 1390. The van der Waals surface area contributed by atoms with Crippen molar-refractivity contribution >= 4 is 41.3 Å². The number of nitriles is 1. The molecule has 4 N–H and O–H groups in total. The van der Waals surface area contributed by atoms with Gasteiger partial charge in [-0.05, 0) is 49.3 Å². The van der Waals surface area contributed by atoms with Crippen LogP contribution in [0.4, 0.5) is 0 Å². The lowest BCUT2D eigenvalue weighted by atomic mass is 9.70. The predicted molar refractivity (Wildman–Crippen MR) is 139 cm³/mol. The Morgan fingerprint density at radius 3 is 2.84 bits per heavy atom. The van der Waals surface area contributed by atoms with E-state index in [1.165, 1.54) is 0 Å². The topological polar surface area (TPSA) is 136 Å². The number of amides is 3. The number of methoxy groups -OCH3 is 1. The summed E-state index contributed by atoms with van der Waals surface area (Å²) in [6, 6.07) is 8.70. The average molecular weight is 520 g/mol. The maximum Gasteiger partial charge on any atom is 0.268 e. The smallest absolute Gasteiger partial charge is 0.268 e. The van der Waals surface area contributed by atoms with Gasteiger partial charge in [0.2, 0.25) is 11.8 Å². The maximum absolute atomic E-state index is 13.7. The molecule has 192 valence electrons. The number of hydrogen-bond acceptors (Lipinski definition) is 6. The monoisotopic (exact) mass is 519 g/mol. The van der Waals surface area contributed by atoms with Crippen LogP contribution < -0.4 is 20.7 Å². The summed E-state index contributed by atoms with van der Waals surface area (Å²) < 4.78 is 4.37. The molecule has 0 radical (unpaired) electrons. The van der Waals surface area contributed by atoms with E-state index < -0.39 is 34.1 Å². The highest BCUT2D eigenvalue weighted by atomic mass is 32.1. The summed E-state index contributed by atoms with van der Waals surface area (Å²) in [6.45, 7) is 3.99. The molecule has 2 bridgehead atoms. The Balaban J connectivity index is 1.24. The van der Waals surface area contributed by atoms with Crippen LogP contribution in [0.5, 0.6) is 5.75 Å². The normalized spacial score (nSPS) is 32.5. The van der Waals surface area contributed by atoms with Crippen molar-refractivity contribution in [3.8, 4) is 11.8 Å². The minimum Gasteiger partial charge on any atom is -0.496 e. The van der Waals surface area contributed by atoms with E-state index in [4.69, 9.17) is 17.4 Å². The van der Waals surface area contributed by atoms with Gasteiger partial charge in [0.1, 0.15) is 23.0 Å². The molecular weight excluding hydrogens is 490 g/mol. The third-order valence-corrected chi connectivity index (χ3v) is 9.58. The quantitative estimate of drug-likeness (QED) is 0.358. The number of aromatic nitrogens is 1. The van der Waals surface area contributed by atoms with Gasteiger partial charge >= 0.3 is 0 Å². The molecule has 10 heteroatoms. The molecule has 3 unspecified atom stereocenters. The summed E-state index contributed by atoms with van der Waals surface area (Å²) in [7, 11) is 1.57. The molecule has 1 aliphatic heterocycles. The maximum atomic E-state index is 13.7. The van der Waals surface area contributed by atoms with E-state index >= 15 is 0 Å². The van der Waals surface area contributed by atoms with Crippen molar-refractivity contribution in [1.82, 2.24) is 20.9 Å². The van der Waals surface area contributed by atoms with Gasteiger partial charge in [0.05, 0.1) is 23.8 Å². The summed E-state index contributed by atoms with van der Waals surface area (Å²) >= 11 is 4.91. The van der Waals surface area contributed by atoms with Crippen LogP contribution >= 0.6 is 12.6 Å². The van der Waals surface area contributed by atoms with Crippen LogP contribution in [-0.4, -0.2) is 46.1 Å². The highest BCUT2D eigenvalue weighted by Crippen LogP contribution is 2.65. The van der Waals surface area contributed by atoms with Gasteiger partial charge < -0.3 is 25.7 Å². The molecule has 1 aromatic carbocycles. The number of hydrogen-bond donors (Lipinski definition) is 5. The summed E-state index contributed by atoms with van der Waals surface area (Å²) in [4.78, 5) is 42.7. The van der Waals surface area contributed by atoms with Gasteiger partial charge in [0.15, 0.2) is 0 Å². The van der Waals surface area contributed by atoms with Crippen molar-refractivity contribution in [2.75, 3.05) is 7.11 Å². The van der Waals surface area contributed by atoms with Gasteiger partial charge in [-0.25, -0.2) is 0 Å². The van der Waals surface area contributed by atoms with Crippen molar-refractivity contribution in [3.63, 3.8) is 0 Å². The predicted octanol–water partition coefficient (Wildman–Crippen LogP) is 2.42. The molecule has 4 fully saturated rings. The molecule has 37 heavy (non-hydrogen) atoms. The minimum atomic E-state index is -1.32. The van der Waals surface area contributed by atoms with Crippen LogP contribution in [0.2, 0.25) is 0 Å². The van der Waals surface area contributed by atoms with Gasteiger partial charge in [-0.2, -0.15) is 17.9 Å². The van der Waals surface area contributed by atoms with Gasteiger partial charge in [0, 0.05) is 22.5 Å². The molecule has 2 aromatic rings. The zero-order valence-corrected chi connectivity index (χ0v) is 21.4. The molecule has 9 nitrogen and oxygen atoms in total. The molecule has 6 rings (SSSR count). The minimum absolute atomic E-state index is 0.0201. The van der Waals surface area contributed by atoms with Gasteiger partial charge in [-0.1, -0.05) is 25.5 Å². The fourth-order valence-corrected chi connectivity index (χ4v) is 7.54. The number of thiol groups is 1. The molecule has 4 aliphatic rings. The number of benzene rings is 1. The standard InChI is InChI=1S/C27H29N5O4S/c1-13-21-15-10-26(12-28,27(37,11-15)22(21)25(35)29-13)32-24(34)18(8-14-6-7-14)31-23(33)19-9-16-17(30-19)4-3-5-20(16)36-2/h3-5,9,14-15,18,21-22,30,37H,1,6-8,10-11H2,2H3,(H,29,35)(H,31,33)(H,32,34)/t15?,18-,21-,22?,26+,27?/m0/s1. The summed E-state index contributed by atoms with van der Waals surface area (Å²) in [5.41, 5.74) is 0.420. The van der Waals surface area contributed by atoms with Crippen molar-refractivity contribution in [2.45, 2.75) is 48.4 Å². The van der Waals surface area contributed by atoms with Crippen LogP contribution in [0, 0.1) is 35.0 Å². The third-order valence-electron chi connectivity index (χ3n) is 8.73. The number of H-pyrrole nitrogens is 1. The Morgan fingerprint density at radius 2 is 2.14 bits per heavy atom. The van der Waals surface area contributed by atoms with Crippen molar-refractivity contribution in [2.24, 2.45) is 23.7 Å². The second kappa shape index (κ2) is 8.28. The van der Waals surface area contributed by atoms with E-state index in [1.807, 2.05) is 18.2 Å². The molecule has 0 spiro atoms. The largest absolute Gasteiger partial charge is 0.496 e. The molecular formula is C27H29N5O4S. The number of allylic oxidation sites excluding steroid dienone is 1. The highest BCUT2D eigenvalue weighted by molar-refractivity contribution is 7.82. The zero-order valence-electron chi connectivity index (χ0n) is 20.5. The van der Waals surface area contributed by atoms with E-state index in [1.54, 1.807) is 13.2 Å². The van der Waals surface area contributed by atoms with Gasteiger partial charge in [0.25, 0.3) is 5.91 Å². The van der Waals surface area contributed by atoms with E-state index in [-0.39, 0.29) is 17.7 Å². The molecule has 2 heterocycles. The number of nitrogens with one attached hydrogen (secondary N) is 4. The number of rotatable bonds is 7. The summed E-state index contributed by atoms with van der Waals surface area (Å²) in [5.74, 6) is -0.636. The zero-order chi connectivity index (χ0) is 26.1. The number of ether oxygens (including phenoxy) is 1. The lowest BCUT2D eigenvalue weighted by Crippen LogP contribution is -2.65. The summed E-state index contributed by atoms with van der Waals surface area (Å²) in [6.07, 6.45) is 3.41. The first-order chi connectivity index (χ1) is 17.7. The lowest BCUT2D eigenvalue weighted by molar-refractivity contribution is -0.128. The van der Waals surface area contributed by atoms with E-state index in [2.05, 4.69) is 33.6 Å². The SMILES string of the molecule is C=C1NC(=O)C2[C@@H]1C1CC2(S)[C@@](C#N)(NC(=O)[C@H](CC2CC2)NC(=O)c2cc3c(OC)cccc3[nH]2)C1. The second-order valence-corrected chi connectivity index (χ2v) is 11.7. The van der Waals surface area contributed by atoms with Crippen LogP contribution in [0.1, 0.15) is 42.6 Å². The van der Waals surface area contributed by atoms with Crippen molar-refractivity contribution in [1.29, 1.82) is 5.26 Å². The molecule has 3 amide bonds. The summed E-state index contributed by atoms with van der Waals surface area (Å²) in [5, 5.41) is 19.7. The molecule has 3 aliphatic carbocycles. The highest BCUT2D eigenvalue weighted by Gasteiger charge is 2.73. The fourth-order valence-electron chi connectivity index (χ4n) is 6.83. The number of carbonyl (C=O) groups excluding carboxylic acids is 3. The number of aromatic amines is 1. The molecule has 1 aromatic heterocycles. The second-order valence-electron chi connectivity index (χ2n) is 10.9. The Hall–Kier alpha value is -3.45. The molecule has 1 saturated heterocycles.